The van der Waals surface area contributed by atoms with Gasteiger partial charge in [0.2, 0.25) is 0 Å². The van der Waals surface area contributed by atoms with E-state index in [2.05, 4.69) is 53.7 Å². The minimum Gasteiger partial charge on any atom is -0.0987 e. The molecule has 0 unspecified atom stereocenters. The van der Waals surface area contributed by atoms with E-state index in [9.17, 15) is 0 Å². The van der Waals surface area contributed by atoms with Crippen LogP contribution in [0.4, 0.5) is 0 Å². The SMILES string of the molecule is C=C(C)C1(Br)[C@H]2CC[C@H]1c1ccccc12. The van der Waals surface area contributed by atoms with Gasteiger partial charge in [-0.25, -0.2) is 0 Å². The van der Waals surface area contributed by atoms with Crippen LogP contribution in [0.3, 0.4) is 0 Å². The summed E-state index contributed by atoms with van der Waals surface area (Å²) < 4.78 is 0.149. The Labute approximate surface area is 99.5 Å². The summed E-state index contributed by atoms with van der Waals surface area (Å²) in [6.45, 7) is 6.34. The zero-order valence-electron chi connectivity index (χ0n) is 8.96. The van der Waals surface area contributed by atoms with Crippen LogP contribution in [0.15, 0.2) is 36.4 Å². The van der Waals surface area contributed by atoms with Crippen molar-refractivity contribution in [1.29, 1.82) is 0 Å². The summed E-state index contributed by atoms with van der Waals surface area (Å²) in [5.74, 6) is 1.30. The zero-order chi connectivity index (χ0) is 10.6. The molecule has 1 saturated carbocycles. The predicted molar refractivity (Wildman–Crippen MR) is 67.6 cm³/mol. The number of benzene rings is 1. The second-order valence-electron chi connectivity index (χ2n) is 4.86. The zero-order valence-corrected chi connectivity index (χ0v) is 10.5. The highest BCUT2D eigenvalue weighted by molar-refractivity contribution is 9.10. The van der Waals surface area contributed by atoms with E-state index < -0.39 is 0 Å². The normalized spacial score (nSPS) is 36.7. The highest BCUT2D eigenvalue weighted by Crippen LogP contribution is 2.65. The molecule has 0 spiro atoms. The monoisotopic (exact) mass is 262 g/mol. The van der Waals surface area contributed by atoms with E-state index in [0.717, 1.165) is 0 Å². The lowest BCUT2D eigenvalue weighted by Gasteiger charge is -2.28. The summed E-state index contributed by atoms with van der Waals surface area (Å²) in [4.78, 5) is 0. The van der Waals surface area contributed by atoms with Gasteiger partial charge in [-0.1, -0.05) is 52.3 Å². The molecule has 78 valence electrons. The van der Waals surface area contributed by atoms with Crippen molar-refractivity contribution < 1.29 is 0 Å². The van der Waals surface area contributed by atoms with Crippen LogP contribution in [-0.2, 0) is 0 Å². The molecule has 2 atom stereocenters. The Balaban J connectivity index is 2.20. The molecule has 2 aliphatic carbocycles. The van der Waals surface area contributed by atoms with Crippen LogP contribution in [0.25, 0.3) is 0 Å². The lowest BCUT2D eigenvalue weighted by molar-refractivity contribution is 0.630. The van der Waals surface area contributed by atoms with E-state index in [1.54, 1.807) is 11.1 Å². The highest BCUT2D eigenvalue weighted by atomic mass is 79.9. The Morgan fingerprint density at radius 3 is 2.13 bits per heavy atom. The van der Waals surface area contributed by atoms with Crippen molar-refractivity contribution in [2.45, 2.75) is 35.9 Å². The minimum absolute atomic E-state index is 0.149. The molecule has 15 heavy (non-hydrogen) atoms. The Bertz CT molecular complexity index is 402. The van der Waals surface area contributed by atoms with Crippen molar-refractivity contribution in [3.63, 3.8) is 0 Å². The van der Waals surface area contributed by atoms with E-state index >= 15 is 0 Å². The molecular weight excluding hydrogens is 248 g/mol. The van der Waals surface area contributed by atoms with Gasteiger partial charge >= 0.3 is 0 Å². The highest BCUT2D eigenvalue weighted by Gasteiger charge is 2.56. The average Bonchev–Trinajstić information content (AvgIpc) is 2.70. The minimum atomic E-state index is 0.149. The van der Waals surface area contributed by atoms with Gasteiger partial charge in [0.1, 0.15) is 0 Å². The fourth-order valence-electron chi connectivity index (χ4n) is 3.50. The second-order valence-corrected chi connectivity index (χ2v) is 6.17. The van der Waals surface area contributed by atoms with Crippen molar-refractivity contribution >= 4 is 15.9 Å². The maximum absolute atomic E-state index is 4.19. The summed E-state index contributed by atoms with van der Waals surface area (Å²) in [6, 6.07) is 8.90. The van der Waals surface area contributed by atoms with E-state index in [4.69, 9.17) is 0 Å². The van der Waals surface area contributed by atoms with Crippen LogP contribution < -0.4 is 0 Å². The third-order valence-corrected chi connectivity index (χ3v) is 5.94. The summed E-state index contributed by atoms with van der Waals surface area (Å²) in [7, 11) is 0. The number of fused-ring (bicyclic) bond motifs is 5. The maximum Gasteiger partial charge on any atom is 0.0597 e. The van der Waals surface area contributed by atoms with Gasteiger partial charge in [0.25, 0.3) is 0 Å². The van der Waals surface area contributed by atoms with Crippen molar-refractivity contribution in [1.82, 2.24) is 0 Å². The molecule has 0 radical (unpaired) electrons. The maximum atomic E-state index is 4.19. The van der Waals surface area contributed by atoms with Gasteiger partial charge in [-0.3, -0.25) is 0 Å². The first-order valence-corrected chi connectivity index (χ1v) is 6.38. The van der Waals surface area contributed by atoms with Crippen molar-refractivity contribution in [3.05, 3.63) is 47.5 Å². The van der Waals surface area contributed by atoms with Crippen molar-refractivity contribution in [2.24, 2.45) is 0 Å². The molecule has 0 amide bonds. The standard InChI is InChI=1S/C14H15Br/c1-9(2)14(15)12-7-8-13(14)11-6-4-3-5-10(11)12/h3-6,12-13H,1,7-8H2,2H3/t12-,13-/m0/s1. The van der Waals surface area contributed by atoms with Crippen molar-refractivity contribution in [3.8, 4) is 0 Å². The van der Waals surface area contributed by atoms with Crippen LogP contribution in [0, 0.1) is 0 Å². The first-order chi connectivity index (χ1) is 7.15. The molecule has 1 aromatic rings. The fourth-order valence-corrected chi connectivity index (χ4v) is 4.45. The van der Waals surface area contributed by atoms with Crippen LogP contribution >= 0.6 is 15.9 Å². The Morgan fingerprint density at radius 2 is 1.73 bits per heavy atom. The Morgan fingerprint density at radius 1 is 1.27 bits per heavy atom. The van der Waals surface area contributed by atoms with Crippen LogP contribution in [0.1, 0.15) is 42.7 Å². The molecule has 2 bridgehead atoms. The molecule has 0 N–H and O–H groups in total. The average molecular weight is 263 g/mol. The number of allylic oxidation sites excluding steroid dienone is 1. The summed E-state index contributed by atoms with van der Waals surface area (Å²) in [6.07, 6.45) is 2.61. The predicted octanol–water partition coefficient (Wildman–Crippen LogP) is 4.37. The molecule has 0 heterocycles. The van der Waals surface area contributed by atoms with Gasteiger partial charge in [-0.2, -0.15) is 0 Å². The quantitative estimate of drug-likeness (QED) is 0.521. The van der Waals surface area contributed by atoms with E-state index in [-0.39, 0.29) is 4.32 Å². The number of hydrogen-bond donors (Lipinski definition) is 0. The summed E-state index contributed by atoms with van der Waals surface area (Å²) in [5.41, 5.74) is 4.38. The van der Waals surface area contributed by atoms with E-state index in [1.807, 2.05) is 0 Å². The molecule has 1 heteroatoms. The number of rotatable bonds is 1. The molecule has 3 rings (SSSR count). The van der Waals surface area contributed by atoms with Crippen LogP contribution in [0.2, 0.25) is 0 Å². The van der Waals surface area contributed by atoms with Gasteiger partial charge < -0.3 is 0 Å². The van der Waals surface area contributed by atoms with Crippen LogP contribution in [-0.4, -0.2) is 4.32 Å². The molecule has 2 aliphatic rings. The first-order valence-electron chi connectivity index (χ1n) is 5.59. The molecule has 0 nitrogen and oxygen atoms in total. The lowest BCUT2D eigenvalue weighted by Crippen LogP contribution is -2.25. The Hall–Kier alpha value is -0.560. The van der Waals surface area contributed by atoms with E-state index in [1.165, 1.54) is 18.4 Å². The third kappa shape index (κ3) is 1.02. The molecule has 1 fully saturated rings. The van der Waals surface area contributed by atoms with E-state index in [0.29, 0.717) is 11.8 Å². The number of halogens is 1. The smallest absolute Gasteiger partial charge is 0.0597 e. The topological polar surface area (TPSA) is 0 Å². The lowest BCUT2D eigenvalue weighted by atomic mass is 9.89. The van der Waals surface area contributed by atoms with Crippen LogP contribution in [0.5, 0.6) is 0 Å². The summed E-state index contributed by atoms with van der Waals surface area (Å²) in [5, 5.41) is 0. The second kappa shape index (κ2) is 2.98. The van der Waals surface area contributed by atoms with Crippen molar-refractivity contribution in [2.75, 3.05) is 0 Å². The third-order valence-electron chi connectivity index (χ3n) is 4.16. The number of hydrogen-bond acceptors (Lipinski definition) is 0. The van der Waals surface area contributed by atoms with Gasteiger partial charge in [0.05, 0.1) is 4.32 Å². The molecule has 1 aromatic carbocycles. The van der Waals surface area contributed by atoms with Gasteiger partial charge in [-0.05, 0) is 30.9 Å². The Kier molecular flexibility index (Phi) is 1.91. The molecule has 0 saturated heterocycles. The fraction of sp³-hybridized carbons (Fsp3) is 0.429. The largest absolute Gasteiger partial charge is 0.0987 e. The number of alkyl halides is 1. The first kappa shape index (κ1) is 9.65. The summed E-state index contributed by atoms with van der Waals surface area (Å²) >= 11 is 3.98. The molecule has 0 aliphatic heterocycles. The van der Waals surface area contributed by atoms with Gasteiger partial charge in [0.15, 0.2) is 0 Å². The molecular formula is C14H15Br. The van der Waals surface area contributed by atoms with Gasteiger partial charge in [0, 0.05) is 11.8 Å². The van der Waals surface area contributed by atoms with Gasteiger partial charge in [-0.15, -0.1) is 0 Å². The molecule has 0 aromatic heterocycles.